The molecule has 0 bridgehead atoms. The van der Waals surface area contributed by atoms with Crippen LogP contribution in [-0.2, 0) is 14.6 Å². The summed E-state index contributed by atoms with van der Waals surface area (Å²) in [7, 11) is -2.00. The van der Waals surface area contributed by atoms with E-state index in [1.165, 1.54) is 0 Å². The second kappa shape index (κ2) is 5.61. The molecule has 0 N–H and O–H groups in total. The predicted molar refractivity (Wildman–Crippen MR) is 87.5 cm³/mol. The fourth-order valence-electron chi connectivity index (χ4n) is 3.14. The van der Waals surface area contributed by atoms with Crippen molar-refractivity contribution in [3.8, 4) is 5.88 Å². The summed E-state index contributed by atoms with van der Waals surface area (Å²) < 4.78 is 49.8. The zero-order valence-corrected chi connectivity index (χ0v) is 14.9. The lowest BCUT2D eigenvalue weighted by molar-refractivity contribution is -0.00631. The van der Waals surface area contributed by atoms with Crippen LogP contribution in [0, 0.1) is 5.82 Å². The van der Waals surface area contributed by atoms with Gasteiger partial charge in [-0.3, -0.25) is 0 Å². The quantitative estimate of drug-likeness (QED) is 0.531. The Labute approximate surface area is 147 Å². The number of ether oxygens (including phenoxy) is 2. The first-order valence-corrected chi connectivity index (χ1v) is 9.78. The van der Waals surface area contributed by atoms with Gasteiger partial charge in [-0.1, -0.05) is 11.6 Å². The van der Waals surface area contributed by atoms with Gasteiger partial charge in [0, 0.05) is 19.9 Å². The number of anilines is 1. The maximum atomic E-state index is 14.5. The van der Waals surface area contributed by atoms with Crippen molar-refractivity contribution in [3.63, 3.8) is 0 Å². The Hall–Kier alpha value is -1.78. The van der Waals surface area contributed by atoms with E-state index < -0.39 is 26.0 Å². The molecule has 11 heteroatoms. The van der Waals surface area contributed by atoms with E-state index in [9.17, 15) is 12.8 Å². The summed E-state index contributed by atoms with van der Waals surface area (Å²) in [5.74, 6) is -0.591. The second-order valence-electron chi connectivity index (χ2n) is 6.05. The fourth-order valence-corrected chi connectivity index (χ4v) is 3.82. The minimum atomic E-state index is -3.75. The van der Waals surface area contributed by atoms with E-state index in [0.717, 1.165) is 6.26 Å². The molecule has 1 saturated heterocycles. The zero-order chi connectivity index (χ0) is 17.9. The van der Waals surface area contributed by atoms with Gasteiger partial charge < -0.3 is 14.4 Å². The highest BCUT2D eigenvalue weighted by atomic mass is 35.5. The van der Waals surface area contributed by atoms with Crippen molar-refractivity contribution in [1.29, 1.82) is 0 Å². The number of sulfone groups is 1. The molecule has 0 amide bonds. The fraction of sp³-hybridized carbons (Fsp3) is 0.500. The smallest absolute Gasteiger partial charge is 0.249 e. The molecule has 0 unspecified atom stereocenters. The average Bonchev–Trinajstić information content (AvgIpc) is 2.68. The van der Waals surface area contributed by atoms with Gasteiger partial charge in [0.1, 0.15) is 22.8 Å². The minimum Gasteiger partial charge on any atom is -0.469 e. The van der Waals surface area contributed by atoms with Gasteiger partial charge in [0.15, 0.2) is 11.0 Å². The van der Waals surface area contributed by atoms with Crippen LogP contribution < -0.4 is 9.64 Å². The van der Waals surface area contributed by atoms with E-state index in [-0.39, 0.29) is 34.7 Å². The summed E-state index contributed by atoms with van der Waals surface area (Å²) >= 11 is 5.86. The van der Waals surface area contributed by atoms with Crippen LogP contribution in [0.15, 0.2) is 5.16 Å². The molecule has 2 atom stereocenters. The molecule has 8 nitrogen and oxygen atoms in total. The maximum absolute atomic E-state index is 14.5. The lowest BCUT2D eigenvalue weighted by atomic mass is 10.0. The van der Waals surface area contributed by atoms with E-state index in [1.807, 2.05) is 0 Å². The van der Waals surface area contributed by atoms with Crippen LogP contribution in [0.4, 0.5) is 10.2 Å². The number of aromatic nitrogens is 3. The van der Waals surface area contributed by atoms with Crippen LogP contribution in [0.5, 0.6) is 5.88 Å². The number of hydrogen-bond acceptors (Lipinski definition) is 8. The van der Waals surface area contributed by atoms with Gasteiger partial charge in [0.25, 0.3) is 0 Å². The van der Waals surface area contributed by atoms with Crippen molar-refractivity contribution in [3.05, 3.63) is 11.0 Å². The molecule has 0 aliphatic carbocycles. The summed E-state index contributed by atoms with van der Waals surface area (Å²) in [5, 5.41) is -0.713. The van der Waals surface area contributed by atoms with Crippen LogP contribution in [0.2, 0.25) is 5.15 Å². The zero-order valence-electron chi connectivity index (χ0n) is 13.4. The van der Waals surface area contributed by atoms with Crippen LogP contribution in [0.3, 0.4) is 0 Å². The Balaban J connectivity index is 2.08. The Bertz CT molecular complexity index is 987. The number of pyridine rings is 1. The SMILES string of the molecule is CN1c2nc(S(C)(=O)=O)nc3c(F)c(Cl)nc(c23)O[C@H]2COCC[C@@H]21. The standard InChI is InChI=1S/C14H14ClFN4O4S/c1-20-6-3-4-23-5-7(6)24-13-8-10(9(16)11(15)18-13)17-14(19-12(8)20)25(2,21)22/h6-7H,3-5H2,1-2H3/t6-,7-/m0/s1. The summed E-state index contributed by atoms with van der Waals surface area (Å²) in [4.78, 5) is 13.8. The van der Waals surface area contributed by atoms with Gasteiger partial charge in [-0.05, 0) is 6.42 Å². The van der Waals surface area contributed by atoms with Gasteiger partial charge in [0.05, 0.1) is 12.6 Å². The molecule has 25 heavy (non-hydrogen) atoms. The Morgan fingerprint density at radius 2 is 2.08 bits per heavy atom. The van der Waals surface area contributed by atoms with Crippen LogP contribution in [0.25, 0.3) is 10.9 Å². The predicted octanol–water partition coefficient (Wildman–Crippen LogP) is 1.21. The molecule has 134 valence electrons. The molecular weight excluding hydrogens is 375 g/mol. The Morgan fingerprint density at radius 1 is 1.32 bits per heavy atom. The maximum Gasteiger partial charge on any atom is 0.249 e. The van der Waals surface area contributed by atoms with Crippen molar-refractivity contribution in [2.75, 3.05) is 31.4 Å². The average molecular weight is 389 g/mol. The summed E-state index contributed by atoms with van der Waals surface area (Å²) in [6.45, 7) is 0.856. The number of fused-ring (bicyclic) bond motifs is 1. The summed E-state index contributed by atoms with van der Waals surface area (Å²) in [6.07, 6.45) is 1.24. The lowest BCUT2D eigenvalue weighted by Crippen LogP contribution is -2.49. The van der Waals surface area contributed by atoms with Gasteiger partial charge in [0.2, 0.25) is 20.9 Å². The monoisotopic (exact) mass is 388 g/mol. The van der Waals surface area contributed by atoms with Gasteiger partial charge >= 0.3 is 0 Å². The van der Waals surface area contributed by atoms with E-state index in [4.69, 9.17) is 21.1 Å². The molecule has 4 rings (SSSR count). The molecule has 1 fully saturated rings. The molecule has 2 aromatic heterocycles. The molecule has 0 spiro atoms. The third kappa shape index (κ3) is 2.59. The highest BCUT2D eigenvalue weighted by molar-refractivity contribution is 7.90. The van der Waals surface area contributed by atoms with Crippen LogP contribution in [-0.4, -0.2) is 62.0 Å². The van der Waals surface area contributed by atoms with Crippen molar-refractivity contribution < 1.29 is 22.3 Å². The highest BCUT2D eigenvalue weighted by Gasteiger charge is 2.38. The molecule has 4 heterocycles. The molecular formula is C14H14ClFN4O4S. The number of hydrogen-bond donors (Lipinski definition) is 0. The normalized spacial score (nSPS) is 23.1. The topological polar surface area (TPSA) is 94.5 Å². The van der Waals surface area contributed by atoms with Crippen LogP contribution in [0.1, 0.15) is 6.42 Å². The van der Waals surface area contributed by atoms with Gasteiger partial charge in [-0.2, -0.15) is 4.98 Å². The summed E-state index contributed by atoms with van der Waals surface area (Å²) in [5.41, 5.74) is -0.230. The van der Waals surface area contributed by atoms with Gasteiger partial charge in [-0.25, -0.2) is 22.8 Å². The molecule has 2 aliphatic heterocycles. The van der Waals surface area contributed by atoms with Crippen LogP contribution >= 0.6 is 11.6 Å². The van der Waals surface area contributed by atoms with E-state index in [0.29, 0.717) is 19.6 Å². The van der Waals surface area contributed by atoms with E-state index in [2.05, 4.69) is 15.0 Å². The minimum absolute atomic E-state index is 0.0706. The first-order chi connectivity index (χ1) is 11.8. The molecule has 0 saturated carbocycles. The van der Waals surface area contributed by atoms with Crippen molar-refractivity contribution in [1.82, 2.24) is 15.0 Å². The third-order valence-electron chi connectivity index (χ3n) is 4.37. The van der Waals surface area contributed by atoms with Crippen molar-refractivity contribution >= 4 is 38.2 Å². The second-order valence-corrected chi connectivity index (χ2v) is 8.31. The highest BCUT2D eigenvalue weighted by Crippen LogP contribution is 2.40. The molecule has 0 radical (unpaired) electrons. The third-order valence-corrected chi connectivity index (χ3v) is 5.46. The number of rotatable bonds is 1. The molecule has 0 aromatic carbocycles. The van der Waals surface area contributed by atoms with E-state index >= 15 is 0 Å². The Kier molecular flexibility index (Phi) is 3.74. The number of likely N-dealkylation sites (N-methyl/N-ethyl adjacent to an activating group) is 1. The Morgan fingerprint density at radius 3 is 2.80 bits per heavy atom. The number of halogens is 2. The molecule has 2 aromatic rings. The van der Waals surface area contributed by atoms with E-state index in [1.54, 1.807) is 11.9 Å². The van der Waals surface area contributed by atoms with Crippen molar-refractivity contribution in [2.24, 2.45) is 0 Å². The lowest BCUT2D eigenvalue weighted by Gasteiger charge is -2.35. The van der Waals surface area contributed by atoms with Crippen molar-refractivity contribution in [2.45, 2.75) is 23.7 Å². The first kappa shape index (κ1) is 16.7. The first-order valence-electron chi connectivity index (χ1n) is 7.51. The number of nitrogens with zero attached hydrogens (tertiary/aromatic N) is 4. The van der Waals surface area contributed by atoms with Gasteiger partial charge in [-0.15, -0.1) is 0 Å². The summed E-state index contributed by atoms with van der Waals surface area (Å²) in [6, 6.07) is -0.129. The molecule has 2 aliphatic rings. The largest absolute Gasteiger partial charge is 0.469 e.